The number of hydrogen-bond donors (Lipinski definition) is 1. The van der Waals surface area contributed by atoms with E-state index in [-0.39, 0.29) is 47.5 Å². The molecule has 0 saturated carbocycles. The lowest BCUT2D eigenvalue weighted by Crippen LogP contribution is -2.27. The van der Waals surface area contributed by atoms with Crippen LogP contribution in [-0.4, -0.2) is 33.9 Å². The number of rotatable bonds is 6. The number of nitrogens with one attached hydrogen (secondary N) is 1. The molecule has 39 heavy (non-hydrogen) atoms. The third-order valence-corrected chi connectivity index (χ3v) is 9.47. The van der Waals surface area contributed by atoms with Gasteiger partial charge in [0.25, 0.3) is 20.0 Å². The Kier molecular flexibility index (Phi) is 7.27. The molecule has 0 bridgehead atoms. The summed E-state index contributed by atoms with van der Waals surface area (Å²) >= 11 is 0. The highest BCUT2D eigenvalue weighted by molar-refractivity contribution is 7.93. The number of esters is 1. The Morgan fingerprint density at radius 3 is 2.28 bits per heavy atom. The first-order chi connectivity index (χ1) is 18.1. The van der Waals surface area contributed by atoms with E-state index < -0.39 is 65.9 Å². The van der Waals surface area contributed by atoms with Crippen LogP contribution in [0.4, 0.5) is 27.6 Å². The summed E-state index contributed by atoms with van der Waals surface area (Å²) < 4.78 is 128. The lowest BCUT2D eigenvalue weighted by Gasteiger charge is -2.22. The van der Waals surface area contributed by atoms with Gasteiger partial charge in [-0.1, -0.05) is 17.7 Å². The van der Waals surface area contributed by atoms with E-state index in [0.717, 1.165) is 18.9 Å². The molecule has 1 aliphatic rings. The summed E-state index contributed by atoms with van der Waals surface area (Å²) in [7, 11) is -8.09. The zero-order valence-corrected chi connectivity index (χ0v) is 22.0. The molecule has 210 valence electrons. The fourth-order valence-electron chi connectivity index (χ4n) is 4.35. The van der Waals surface area contributed by atoms with Crippen molar-refractivity contribution >= 4 is 31.7 Å². The van der Waals surface area contributed by atoms with Crippen LogP contribution in [-0.2, 0) is 48.6 Å². The minimum atomic E-state index is -5.22. The molecule has 4 rings (SSSR count). The van der Waals surface area contributed by atoms with Gasteiger partial charge in [0.05, 0.1) is 29.2 Å². The molecule has 0 aliphatic heterocycles. The first-order valence-corrected chi connectivity index (χ1v) is 14.2. The number of carbonyl (C=O) groups is 1. The number of sulfonamides is 1. The number of anilines is 1. The Bertz CT molecular complexity index is 1660. The quantitative estimate of drug-likeness (QED) is 0.336. The van der Waals surface area contributed by atoms with Gasteiger partial charge >= 0.3 is 12.1 Å². The highest BCUT2D eigenvalue weighted by Gasteiger charge is 2.38. The number of hydrogen-bond acceptors (Lipinski definition) is 6. The van der Waals surface area contributed by atoms with Gasteiger partial charge in [-0.3, -0.25) is 9.52 Å². The maximum absolute atomic E-state index is 14.4. The van der Waals surface area contributed by atoms with Crippen LogP contribution in [0.15, 0.2) is 52.4 Å². The summed E-state index contributed by atoms with van der Waals surface area (Å²) in [5.74, 6) is -5.02. The fraction of sp³-hybridized carbons (Fsp3) is 0.292. The topological polar surface area (TPSA) is 112 Å². The van der Waals surface area contributed by atoms with Gasteiger partial charge in [-0.2, -0.15) is 13.2 Å². The lowest BCUT2D eigenvalue weighted by molar-refractivity contribution is -0.146. The summed E-state index contributed by atoms with van der Waals surface area (Å²) in [6.07, 6.45) is -4.64. The van der Waals surface area contributed by atoms with Crippen LogP contribution in [0.1, 0.15) is 28.8 Å². The molecule has 8 nitrogen and oxygen atoms in total. The standard InChI is InChI=1S/C24H21F5N2O6S2/c1-13-3-6-15(7-4-13)39(35,36)31-12-22(16-8-5-14(9-21(16)31)23(32)37-2)38(33,34)30-20-11-18(25)17(10-19(20)26)24(27,28)29/h3-4,6-7,10-12,14,30H,5,8-9H2,1-2H3. The second-order valence-corrected chi connectivity index (χ2v) is 12.4. The molecule has 3 aromatic rings. The predicted molar refractivity (Wildman–Crippen MR) is 128 cm³/mol. The van der Waals surface area contributed by atoms with Crippen molar-refractivity contribution in [3.63, 3.8) is 0 Å². The van der Waals surface area contributed by atoms with E-state index in [1.54, 1.807) is 11.6 Å². The number of fused-ring (bicyclic) bond motifs is 1. The minimum absolute atomic E-state index is 0.00568. The molecule has 1 unspecified atom stereocenters. The first kappa shape index (κ1) is 28.5. The number of nitrogens with zero attached hydrogens (tertiary/aromatic N) is 1. The van der Waals surface area contributed by atoms with Crippen LogP contribution in [0.2, 0.25) is 0 Å². The summed E-state index contributed by atoms with van der Waals surface area (Å²) in [5, 5.41) is 0. The highest BCUT2D eigenvalue weighted by Crippen LogP contribution is 2.37. The zero-order chi connectivity index (χ0) is 28.9. The smallest absolute Gasteiger partial charge is 0.419 e. The maximum Gasteiger partial charge on any atom is 0.419 e. The van der Waals surface area contributed by atoms with Crippen molar-refractivity contribution in [3.8, 4) is 0 Å². The number of methoxy groups -OCH3 is 1. The van der Waals surface area contributed by atoms with Crippen LogP contribution in [0.25, 0.3) is 0 Å². The van der Waals surface area contributed by atoms with Gasteiger partial charge in [-0.05, 0) is 43.5 Å². The molecule has 0 fully saturated rings. The molecule has 0 amide bonds. The van der Waals surface area contributed by atoms with Crippen LogP contribution in [0.5, 0.6) is 0 Å². The fourth-order valence-corrected chi connectivity index (χ4v) is 7.19. The molecule has 0 radical (unpaired) electrons. The Morgan fingerprint density at radius 1 is 1.05 bits per heavy atom. The average molecular weight is 593 g/mol. The van der Waals surface area contributed by atoms with Crippen molar-refractivity contribution in [2.45, 2.75) is 42.2 Å². The number of ether oxygens (including phenoxy) is 1. The monoisotopic (exact) mass is 592 g/mol. The molecule has 2 aromatic carbocycles. The summed E-state index contributed by atoms with van der Waals surface area (Å²) in [6.45, 7) is 1.73. The minimum Gasteiger partial charge on any atom is -0.469 e. The molecule has 1 atom stereocenters. The molecule has 15 heteroatoms. The van der Waals surface area contributed by atoms with Gasteiger partial charge in [0.15, 0.2) is 0 Å². The van der Waals surface area contributed by atoms with Crippen LogP contribution in [0.3, 0.4) is 0 Å². The second kappa shape index (κ2) is 9.93. The number of benzene rings is 2. The van der Waals surface area contributed by atoms with E-state index in [1.807, 2.05) is 0 Å². The molecular weight excluding hydrogens is 571 g/mol. The Labute approximate surface area is 220 Å². The Morgan fingerprint density at radius 2 is 1.69 bits per heavy atom. The van der Waals surface area contributed by atoms with Crippen molar-refractivity contribution < 1.29 is 48.3 Å². The van der Waals surface area contributed by atoms with Crippen molar-refractivity contribution in [3.05, 3.63) is 76.6 Å². The van der Waals surface area contributed by atoms with E-state index in [4.69, 9.17) is 4.74 Å². The van der Waals surface area contributed by atoms with E-state index in [1.165, 1.54) is 24.3 Å². The summed E-state index contributed by atoms with van der Waals surface area (Å²) in [4.78, 5) is 11.4. The Hall–Kier alpha value is -3.46. The zero-order valence-electron chi connectivity index (χ0n) is 20.3. The third-order valence-electron chi connectivity index (χ3n) is 6.34. The van der Waals surface area contributed by atoms with Gasteiger partial charge in [-0.15, -0.1) is 0 Å². The number of halogens is 5. The molecule has 0 saturated heterocycles. The lowest BCUT2D eigenvalue weighted by atomic mass is 9.88. The number of alkyl halides is 3. The van der Waals surface area contributed by atoms with E-state index in [0.29, 0.717) is 3.97 Å². The largest absolute Gasteiger partial charge is 0.469 e. The van der Waals surface area contributed by atoms with E-state index >= 15 is 0 Å². The van der Waals surface area contributed by atoms with E-state index in [9.17, 15) is 43.6 Å². The van der Waals surface area contributed by atoms with Crippen molar-refractivity contribution in [1.29, 1.82) is 0 Å². The molecular formula is C24H21F5N2O6S2. The van der Waals surface area contributed by atoms with Crippen molar-refractivity contribution in [2.24, 2.45) is 5.92 Å². The molecule has 1 aliphatic carbocycles. The van der Waals surface area contributed by atoms with E-state index in [2.05, 4.69) is 0 Å². The van der Waals surface area contributed by atoms with Crippen LogP contribution < -0.4 is 4.72 Å². The molecule has 1 heterocycles. The van der Waals surface area contributed by atoms with Crippen LogP contribution in [0, 0.1) is 24.5 Å². The van der Waals surface area contributed by atoms with Gasteiger partial charge in [0.2, 0.25) is 0 Å². The van der Waals surface area contributed by atoms with Gasteiger partial charge < -0.3 is 4.74 Å². The molecule has 1 N–H and O–H groups in total. The second-order valence-electron chi connectivity index (χ2n) is 8.91. The van der Waals surface area contributed by atoms with Gasteiger partial charge in [-0.25, -0.2) is 29.6 Å². The van der Waals surface area contributed by atoms with Crippen LogP contribution >= 0.6 is 0 Å². The normalized spacial score (nSPS) is 16.0. The Balaban J connectivity index is 1.84. The van der Waals surface area contributed by atoms with Gasteiger partial charge in [0.1, 0.15) is 16.5 Å². The molecule has 1 aromatic heterocycles. The maximum atomic E-state index is 14.4. The molecule has 0 spiro atoms. The van der Waals surface area contributed by atoms with Gasteiger partial charge in [0, 0.05) is 24.4 Å². The summed E-state index contributed by atoms with van der Waals surface area (Å²) in [6, 6.07) is 5.55. The van der Waals surface area contributed by atoms with Crippen molar-refractivity contribution in [1.82, 2.24) is 3.97 Å². The third kappa shape index (κ3) is 5.37. The number of aromatic nitrogens is 1. The highest BCUT2D eigenvalue weighted by atomic mass is 32.2. The SMILES string of the molecule is COC(=O)C1CCc2c(S(=O)(=O)Nc3cc(F)c(C(F)(F)F)cc3F)cn(S(=O)(=O)c3ccc(C)cc3)c2C1. The number of carbonyl (C=O) groups excluding carboxylic acids is 1. The van der Waals surface area contributed by atoms with Crippen molar-refractivity contribution in [2.75, 3.05) is 11.8 Å². The average Bonchev–Trinajstić information content (AvgIpc) is 3.25. The summed E-state index contributed by atoms with van der Waals surface area (Å²) in [5.41, 5.74) is -2.30. The first-order valence-electron chi connectivity index (χ1n) is 11.3. The number of aryl methyl sites for hydroxylation is 1. The predicted octanol–water partition coefficient (Wildman–Crippen LogP) is 4.41.